The van der Waals surface area contributed by atoms with Crippen molar-refractivity contribution in [2.24, 2.45) is 5.41 Å². The summed E-state index contributed by atoms with van der Waals surface area (Å²) in [6.45, 7) is 9.47. The van der Waals surface area contributed by atoms with Crippen molar-refractivity contribution in [3.8, 4) is 0 Å². The molecular formula is C12H25NO2. The van der Waals surface area contributed by atoms with Gasteiger partial charge in [0, 0.05) is 6.54 Å². The molecule has 1 rings (SSSR count). The molecule has 15 heavy (non-hydrogen) atoms. The lowest BCUT2D eigenvalue weighted by atomic mass is 9.85. The zero-order chi connectivity index (χ0) is 11.1. The van der Waals surface area contributed by atoms with Crippen molar-refractivity contribution in [2.45, 2.75) is 33.1 Å². The number of hydrogen-bond acceptors (Lipinski definition) is 3. The molecule has 0 atom stereocenters. The maximum absolute atomic E-state index is 8.58. The largest absolute Gasteiger partial charge is 0.394 e. The summed E-state index contributed by atoms with van der Waals surface area (Å²) in [5.41, 5.74) is 0.515. The molecule has 1 fully saturated rings. The standard InChI is InChI=1S/C12H25NO2/c1-12(2)4-3-6-13(7-5-12)8-10-15-11-9-14/h14H,3-11H2,1-2H3. The fraction of sp³-hybridized carbons (Fsp3) is 1.00. The highest BCUT2D eigenvalue weighted by Crippen LogP contribution is 2.29. The molecule has 0 aromatic rings. The fourth-order valence-electron chi connectivity index (χ4n) is 2.06. The van der Waals surface area contributed by atoms with E-state index in [9.17, 15) is 0 Å². The van der Waals surface area contributed by atoms with Crippen molar-refractivity contribution in [3.63, 3.8) is 0 Å². The van der Waals surface area contributed by atoms with Gasteiger partial charge in [-0.25, -0.2) is 0 Å². The van der Waals surface area contributed by atoms with Crippen molar-refractivity contribution in [2.75, 3.05) is 39.5 Å². The van der Waals surface area contributed by atoms with Gasteiger partial charge in [0.25, 0.3) is 0 Å². The van der Waals surface area contributed by atoms with Crippen LogP contribution >= 0.6 is 0 Å². The highest BCUT2D eigenvalue weighted by molar-refractivity contribution is 4.75. The predicted molar refractivity (Wildman–Crippen MR) is 62.0 cm³/mol. The lowest BCUT2D eigenvalue weighted by molar-refractivity contribution is 0.0737. The topological polar surface area (TPSA) is 32.7 Å². The first kappa shape index (κ1) is 12.9. The molecule has 0 aromatic carbocycles. The van der Waals surface area contributed by atoms with E-state index in [1.807, 2.05) is 0 Å². The molecule has 1 N–H and O–H groups in total. The van der Waals surface area contributed by atoms with Crippen LogP contribution in [0.25, 0.3) is 0 Å². The van der Waals surface area contributed by atoms with Crippen LogP contribution in [0.4, 0.5) is 0 Å². The maximum Gasteiger partial charge on any atom is 0.0698 e. The number of ether oxygens (including phenoxy) is 1. The summed E-state index contributed by atoms with van der Waals surface area (Å²) in [6.07, 6.45) is 3.92. The highest BCUT2D eigenvalue weighted by Gasteiger charge is 2.22. The molecule has 0 saturated carbocycles. The first-order valence-corrected chi connectivity index (χ1v) is 6.05. The Balaban J connectivity index is 2.14. The van der Waals surface area contributed by atoms with Crippen LogP contribution in [0.5, 0.6) is 0 Å². The smallest absolute Gasteiger partial charge is 0.0698 e. The Labute approximate surface area is 93.4 Å². The third kappa shape index (κ3) is 5.50. The minimum atomic E-state index is 0.132. The van der Waals surface area contributed by atoms with Gasteiger partial charge in [0.2, 0.25) is 0 Å². The summed E-state index contributed by atoms with van der Waals surface area (Å²) in [5, 5.41) is 8.58. The Hall–Kier alpha value is -0.120. The Morgan fingerprint density at radius 2 is 2.00 bits per heavy atom. The minimum Gasteiger partial charge on any atom is -0.394 e. The molecule has 1 heterocycles. The summed E-state index contributed by atoms with van der Waals surface area (Å²) in [7, 11) is 0. The molecule has 1 aliphatic rings. The van der Waals surface area contributed by atoms with Crippen LogP contribution in [0.2, 0.25) is 0 Å². The van der Waals surface area contributed by atoms with Gasteiger partial charge in [-0.3, -0.25) is 0 Å². The lowest BCUT2D eigenvalue weighted by Gasteiger charge is -2.23. The van der Waals surface area contributed by atoms with E-state index >= 15 is 0 Å². The second-order valence-corrected chi connectivity index (χ2v) is 5.20. The Morgan fingerprint density at radius 3 is 2.73 bits per heavy atom. The molecule has 0 aromatic heterocycles. The number of likely N-dealkylation sites (tertiary alicyclic amines) is 1. The summed E-state index contributed by atoms with van der Waals surface area (Å²) >= 11 is 0. The van der Waals surface area contributed by atoms with Crippen molar-refractivity contribution in [1.82, 2.24) is 4.90 Å². The third-order valence-electron chi connectivity index (χ3n) is 3.22. The van der Waals surface area contributed by atoms with Crippen molar-refractivity contribution in [3.05, 3.63) is 0 Å². The van der Waals surface area contributed by atoms with Gasteiger partial charge in [-0.2, -0.15) is 0 Å². The van der Waals surface area contributed by atoms with Gasteiger partial charge in [-0.05, 0) is 37.8 Å². The van der Waals surface area contributed by atoms with Crippen LogP contribution in [0.15, 0.2) is 0 Å². The number of rotatable bonds is 5. The zero-order valence-electron chi connectivity index (χ0n) is 10.2. The van der Waals surface area contributed by atoms with Crippen LogP contribution < -0.4 is 0 Å². The minimum absolute atomic E-state index is 0.132. The Morgan fingerprint density at radius 1 is 1.20 bits per heavy atom. The molecule has 1 saturated heterocycles. The van der Waals surface area contributed by atoms with E-state index in [-0.39, 0.29) is 6.61 Å². The molecule has 0 aliphatic carbocycles. The molecule has 0 spiro atoms. The van der Waals surface area contributed by atoms with Crippen molar-refractivity contribution in [1.29, 1.82) is 0 Å². The van der Waals surface area contributed by atoms with Crippen LogP contribution in [0.1, 0.15) is 33.1 Å². The molecule has 0 unspecified atom stereocenters. The van der Waals surface area contributed by atoms with E-state index < -0.39 is 0 Å². The van der Waals surface area contributed by atoms with Gasteiger partial charge in [0.1, 0.15) is 0 Å². The average molecular weight is 215 g/mol. The SMILES string of the molecule is CC1(C)CCCN(CCOCCO)CC1. The van der Waals surface area contributed by atoms with Crippen LogP contribution in [-0.4, -0.2) is 49.5 Å². The van der Waals surface area contributed by atoms with E-state index in [0.717, 1.165) is 13.2 Å². The summed E-state index contributed by atoms with van der Waals surface area (Å²) in [6, 6.07) is 0. The van der Waals surface area contributed by atoms with Crippen molar-refractivity contribution >= 4 is 0 Å². The highest BCUT2D eigenvalue weighted by atomic mass is 16.5. The molecule has 0 amide bonds. The molecular weight excluding hydrogens is 190 g/mol. The molecule has 0 radical (unpaired) electrons. The number of aliphatic hydroxyl groups excluding tert-OH is 1. The van der Waals surface area contributed by atoms with Crippen molar-refractivity contribution < 1.29 is 9.84 Å². The van der Waals surface area contributed by atoms with Gasteiger partial charge in [-0.15, -0.1) is 0 Å². The van der Waals surface area contributed by atoms with Gasteiger partial charge in [0.15, 0.2) is 0 Å². The van der Waals surface area contributed by atoms with E-state index in [0.29, 0.717) is 12.0 Å². The zero-order valence-corrected chi connectivity index (χ0v) is 10.2. The van der Waals surface area contributed by atoms with E-state index in [4.69, 9.17) is 9.84 Å². The van der Waals surface area contributed by atoms with Gasteiger partial charge >= 0.3 is 0 Å². The quantitative estimate of drug-likeness (QED) is 0.706. The number of hydrogen-bond donors (Lipinski definition) is 1. The summed E-state index contributed by atoms with van der Waals surface area (Å²) < 4.78 is 5.29. The Kier molecular flexibility index (Phi) is 5.58. The second kappa shape index (κ2) is 6.46. The lowest BCUT2D eigenvalue weighted by Crippen LogP contribution is -2.29. The molecule has 0 bridgehead atoms. The summed E-state index contributed by atoms with van der Waals surface area (Å²) in [5.74, 6) is 0. The molecule has 3 nitrogen and oxygen atoms in total. The number of aliphatic hydroxyl groups is 1. The maximum atomic E-state index is 8.58. The number of nitrogens with zero attached hydrogens (tertiary/aromatic N) is 1. The van der Waals surface area contributed by atoms with Gasteiger partial charge in [0.05, 0.1) is 19.8 Å². The molecule has 90 valence electrons. The Bertz CT molecular complexity index is 171. The normalized spacial score (nSPS) is 22.6. The summed E-state index contributed by atoms with van der Waals surface area (Å²) in [4.78, 5) is 2.48. The van der Waals surface area contributed by atoms with Gasteiger partial charge < -0.3 is 14.7 Å². The second-order valence-electron chi connectivity index (χ2n) is 5.20. The first-order chi connectivity index (χ1) is 7.14. The van der Waals surface area contributed by atoms with Crippen LogP contribution in [0, 0.1) is 5.41 Å². The molecule has 1 aliphatic heterocycles. The monoisotopic (exact) mass is 215 g/mol. The first-order valence-electron chi connectivity index (χ1n) is 6.05. The van der Waals surface area contributed by atoms with Crippen LogP contribution in [0.3, 0.4) is 0 Å². The van der Waals surface area contributed by atoms with E-state index in [1.165, 1.54) is 32.4 Å². The fourth-order valence-corrected chi connectivity index (χ4v) is 2.06. The van der Waals surface area contributed by atoms with Crippen LogP contribution in [-0.2, 0) is 4.74 Å². The molecule has 3 heteroatoms. The van der Waals surface area contributed by atoms with Gasteiger partial charge in [-0.1, -0.05) is 13.8 Å². The predicted octanol–water partition coefficient (Wildman–Crippen LogP) is 1.51. The third-order valence-corrected chi connectivity index (χ3v) is 3.22. The van der Waals surface area contributed by atoms with E-state index in [2.05, 4.69) is 18.7 Å². The average Bonchev–Trinajstić information content (AvgIpc) is 2.35. The van der Waals surface area contributed by atoms with E-state index in [1.54, 1.807) is 0 Å².